The maximum absolute atomic E-state index is 14.7. The summed E-state index contributed by atoms with van der Waals surface area (Å²) in [7, 11) is 3.76. The number of hydrogen-bond donors (Lipinski definition) is 1. The number of hydrogen-bond acceptors (Lipinski definition) is 8. The monoisotopic (exact) mass is 475 g/mol. The lowest BCUT2D eigenvalue weighted by atomic mass is 10.1. The topological polar surface area (TPSA) is 81.0 Å². The number of ether oxygens (including phenoxy) is 1. The molecule has 1 N–H and O–H groups in total. The maximum atomic E-state index is 14.7. The van der Waals surface area contributed by atoms with E-state index in [1.165, 1.54) is 6.33 Å². The van der Waals surface area contributed by atoms with Crippen molar-refractivity contribution in [2.24, 2.45) is 7.05 Å². The molecule has 0 amide bonds. The van der Waals surface area contributed by atoms with E-state index >= 15 is 0 Å². The molecule has 5 aromatic rings. The predicted octanol–water partition coefficient (Wildman–Crippen LogP) is 4.41. The lowest BCUT2D eigenvalue weighted by Crippen LogP contribution is -2.27. The van der Waals surface area contributed by atoms with E-state index in [1.807, 2.05) is 61.0 Å². The minimum absolute atomic E-state index is 0.349. The molecular formula is C24H22FN7OS. The van der Waals surface area contributed by atoms with Gasteiger partial charge in [0.05, 0.1) is 32.8 Å². The number of likely N-dealkylation sites (N-methyl/N-ethyl adjacent to an activating group) is 1. The highest BCUT2D eigenvalue weighted by Gasteiger charge is 2.33. The SMILES string of the molecule is CN1C[C@@H](F)[C@@H](Oc2cc(-c3cnn(C)c3)cc3ncnc(Nc4ccc5ncsc5c4)c23)C1. The van der Waals surface area contributed by atoms with Crippen LogP contribution >= 0.6 is 11.3 Å². The smallest absolute Gasteiger partial charge is 0.151 e. The summed E-state index contributed by atoms with van der Waals surface area (Å²) in [4.78, 5) is 15.3. The van der Waals surface area contributed by atoms with Crippen LogP contribution in [0.3, 0.4) is 0 Å². The molecule has 8 nitrogen and oxygen atoms in total. The fourth-order valence-corrected chi connectivity index (χ4v) is 5.05. The van der Waals surface area contributed by atoms with Crippen molar-refractivity contribution in [2.75, 3.05) is 25.5 Å². The highest BCUT2D eigenvalue weighted by atomic mass is 32.1. The van der Waals surface area contributed by atoms with Crippen molar-refractivity contribution in [1.82, 2.24) is 29.6 Å². The third-order valence-electron chi connectivity index (χ3n) is 5.99. The molecule has 1 aliphatic heterocycles. The highest BCUT2D eigenvalue weighted by Crippen LogP contribution is 2.38. The summed E-state index contributed by atoms with van der Waals surface area (Å²) in [6.07, 6.45) is 3.60. The van der Waals surface area contributed by atoms with Gasteiger partial charge in [-0.2, -0.15) is 5.10 Å². The lowest BCUT2D eigenvalue weighted by molar-refractivity contribution is 0.141. The fourth-order valence-electron chi connectivity index (χ4n) is 4.33. The van der Waals surface area contributed by atoms with E-state index in [0.717, 1.165) is 27.0 Å². The third-order valence-corrected chi connectivity index (χ3v) is 6.79. The normalized spacial score (nSPS) is 18.7. The average molecular weight is 476 g/mol. The summed E-state index contributed by atoms with van der Waals surface area (Å²) >= 11 is 1.58. The molecule has 0 bridgehead atoms. The summed E-state index contributed by atoms with van der Waals surface area (Å²) in [6, 6.07) is 9.87. The van der Waals surface area contributed by atoms with Gasteiger partial charge in [0.15, 0.2) is 6.17 Å². The number of aromatic nitrogens is 5. The molecule has 2 atom stereocenters. The number of rotatable bonds is 5. The molecular weight excluding hydrogens is 453 g/mol. The lowest BCUT2D eigenvalue weighted by Gasteiger charge is -2.19. The van der Waals surface area contributed by atoms with Crippen LogP contribution in [0.5, 0.6) is 5.75 Å². The van der Waals surface area contributed by atoms with Crippen LogP contribution < -0.4 is 10.1 Å². The minimum Gasteiger partial charge on any atom is -0.485 e. The molecule has 3 aromatic heterocycles. The Kier molecular flexibility index (Phi) is 5.11. The standard InChI is InChI=1S/C24H22FN7OS/c1-31-10-17(25)21(11-31)33-20-6-14(15-8-29-32(2)9-15)5-19-23(20)24(27-12-26-19)30-16-3-4-18-22(7-16)34-13-28-18/h3-9,12-13,17,21H,10-11H2,1-2H3,(H,26,27,30)/t17-,21+/m1/s1. The Hall–Kier alpha value is -3.63. The second-order valence-electron chi connectivity index (χ2n) is 8.55. The number of alkyl halides is 1. The van der Waals surface area contributed by atoms with Crippen molar-refractivity contribution in [3.8, 4) is 16.9 Å². The first-order valence-corrected chi connectivity index (χ1v) is 11.8. The van der Waals surface area contributed by atoms with Crippen LogP contribution in [0.1, 0.15) is 0 Å². The molecule has 6 rings (SSSR count). The van der Waals surface area contributed by atoms with E-state index in [1.54, 1.807) is 22.2 Å². The van der Waals surface area contributed by atoms with E-state index < -0.39 is 12.3 Å². The Morgan fingerprint density at radius 3 is 2.76 bits per heavy atom. The molecule has 0 radical (unpaired) electrons. The zero-order valence-electron chi connectivity index (χ0n) is 18.6. The van der Waals surface area contributed by atoms with Gasteiger partial charge in [-0.25, -0.2) is 19.3 Å². The van der Waals surface area contributed by atoms with Crippen molar-refractivity contribution < 1.29 is 9.13 Å². The van der Waals surface area contributed by atoms with Crippen molar-refractivity contribution in [2.45, 2.75) is 12.3 Å². The van der Waals surface area contributed by atoms with E-state index in [-0.39, 0.29) is 0 Å². The zero-order chi connectivity index (χ0) is 23.2. The molecule has 1 aliphatic rings. The van der Waals surface area contributed by atoms with Crippen LogP contribution in [-0.4, -0.2) is 62.0 Å². The Bertz CT molecular complexity index is 1500. The van der Waals surface area contributed by atoms with Gasteiger partial charge in [-0.05, 0) is 42.9 Å². The van der Waals surface area contributed by atoms with Crippen LogP contribution in [0.15, 0.2) is 54.6 Å². The van der Waals surface area contributed by atoms with Crippen molar-refractivity contribution in [3.63, 3.8) is 0 Å². The number of nitrogens with zero attached hydrogens (tertiary/aromatic N) is 6. The Morgan fingerprint density at radius 1 is 1.06 bits per heavy atom. The number of halogens is 1. The quantitative estimate of drug-likeness (QED) is 0.403. The van der Waals surface area contributed by atoms with Gasteiger partial charge in [0, 0.05) is 37.6 Å². The summed E-state index contributed by atoms with van der Waals surface area (Å²) in [5.41, 5.74) is 6.18. The van der Waals surface area contributed by atoms with Crippen molar-refractivity contribution in [1.29, 1.82) is 0 Å². The summed E-state index contributed by atoms with van der Waals surface area (Å²) in [5, 5.41) is 8.40. The van der Waals surface area contributed by atoms with E-state index in [9.17, 15) is 4.39 Å². The molecule has 0 saturated carbocycles. The molecule has 10 heteroatoms. The van der Waals surface area contributed by atoms with E-state index in [0.29, 0.717) is 35.6 Å². The molecule has 172 valence electrons. The van der Waals surface area contributed by atoms with Gasteiger partial charge < -0.3 is 10.1 Å². The molecule has 1 fully saturated rings. The number of benzene rings is 2. The van der Waals surface area contributed by atoms with Gasteiger partial charge in [0.25, 0.3) is 0 Å². The first-order chi connectivity index (χ1) is 16.5. The second-order valence-corrected chi connectivity index (χ2v) is 9.43. The number of aryl methyl sites for hydroxylation is 1. The number of anilines is 2. The average Bonchev–Trinajstić information content (AvgIpc) is 3.53. The van der Waals surface area contributed by atoms with Crippen LogP contribution in [0.2, 0.25) is 0 Å². The zero-order valence-corrected chi connectivity index (χ0v) is 19.5. The van der Waals surface area contributed by atoms with Gasteiger partial charge in [0.1, 0.15) is 24.0 Å². The van der Waals surface area contributed by atoms with E-state index in [2.05, 4.69) is 25.4 Å². The molecule has 1 saturated heterocycles. The van der Waals surface area contributed by atoms with Gasteiger partial charge in [-0.3, -0.25) is 9.58 Å². The van der Waals surface area contributed by atoms with E-state index in [4.69, 9.17) is 4.74 Å². The molecule has 0 aliphatic carbocycles. The minimum atomic E-state index is -1.07. The van der Waals surface area contributed by atoms with Crippen molar-refractivity contribution in [3.05, 3.63) is 54.6 Å². The first-order valence-electron chi connectivity index (χ1n) is 10.9. The van der Waals surface area contributed by atoms with Crippen LogP contribution in [0.25, 0.3) is 32.2 Å². The summed E-state index contributed by atoms with van der Waals surface area (Å²) < 4.78 is 23.8. The summed E-state index contributed by atoms with van der Waals surface area (Å²) in [6.45, 7) is 0.861. The van der Waals surface area contributed by atoms with Gasteiger partial charge >= 0.3 is 0 Å². The molecule has 34 heavy (non-hydrogen) atoms. The van der Waals surface area contributed by atoms with Crippen molar-refractivity contribution >= 4 is 44.0 Å². The van der Waals surface area contributed by atoms with Gasteiger partial charge in [0.2, 0.25) is 0 Å². The van der Waals surface area contributed by atoms with Crippen LogP contribution in [0, 0.1) is 0 Å². The Labute approximate surface area is 199 Å². The van der Waals surface area contributed by atoms with Crippen LogP contribution in [-0.2, 0) is 7.05 Å². The number of likely N-dealkylation sites (tertiary alicyclic amines) is 1. The predicted molar refractivity (Wildman–Crippen MR) is 131 cm³/mol. The van der Waals surface area contributed by atoms with Gasteiger partial charge in [-0.15, -0.1) is 11.3 Å². The first kappa shape index (κ1) is 20.9. The maximum Gasteiger partial charge on any atom is 0.151 e. The number of nitrogens with one attached hydrogen (secondary N) is 1. The molecule has 2 aromatic carbocycles. The molecule has 0 unspecified atom stereocenters. The molecule has 0 spiro atoms. The largest absolute Gasteiger partial charge is 0.485 e. The third kappa shape index (κ3) is 3.84. The molecule has 4 heterocycles. The Morgan fingerprint density at radius 2 is 1.97 bits per heavy atom. The van der Waals surface area contributed by atoms with Crippen LogP contribution in [0.4, 0.5) is 15.9 Å². The fraction of sp³-hybridized carbons (Fsp3) is 0.250. The number of thiazole rings is 1. The number of fused-ring (bicyclic) bond motifs is 2. The summed E-state index contributed by atoms with van der Waals surface area (Å²) in [5.74, 6) is 1.14. The highest BCUT2D eigenvalue weighted by molar-refractivity contribution is 7.16. The Balaban J connectivity index is 1.47. The second kappa shape index (κ2) is 8.30. The van der Waals surface area contributed by atoms with Gasteiger partial charge in [-0.1, -0.05) is 0 Å².